The van der Waals surface area contributed by atoms with Crippen molar-refractivity contribution in [2.45, 2.75) is 13.0 Å². The molecule has 0 bridgehead atoms. The van der Waals surface area contributed by atoms with E-state index < -0.39 is 5.82 Å². The van der Waals surface area contributed by atoms with Crippen molar-refractivity contribution in [3.63, 3.8) is 0 Å². The van der Waals surface area contributed by atoms with E-state index in [1.165, 1.54) is 12.4 Å². The van der Waals surface area contributed by atoms with Gasteiger partial charge in [0.2, 0.25) is 0 Å². The summed E-state index contributed by atoms with van der Waals surface area (Å²) in [5, 5.41) is 1.18. The van der Waals surface area contributed by atoms with E-state index in [0.717, 1.165) is 23.1 Å². The third kappa shape index (κ3) is 3.05. The van der Waals surface area contributed by atoms with Crippen LogP contribution in [0.2, 0.25) is 5.02 Å². The predicted molar refractivity (Wildman–Crippen MR) is 97.6 cm³/mol. The number of benzene rings is 2. The van der Waals surface area contributed by atoms with Gasteiger partial charge in [0, 0.05) is 34.2 Å². The molecule has 4 nitrogen and oxygen atoms in total. The summed E-state index contributed by atoms with van der Waals surface area (Å²) in [5.41, 5.74) is 2.87. The molecule has 1 aliphatic rings. The van der Waals surface area contributed by atoms with Crippen molar-refractivity contribution in [2.24, 2.45) is 0 Å². The van der Waals surface area contributed by atoms with Crippen LogP contribution in [0.5, 0.6) is 0 Å². The summed E-state index contributed by atoms with van der Waals surface area (Å²) in [6, 6.07) is 10.9. The van der Waals surface area contributed by atoms with Crippen molar-refractivity contribution in [1.82, 2.24) is 9.97 Å². The average Bonchev–Trinajstić information content (AvgIpc) is 2.61. The molecule has 6 heteroatoms. The number of hydrogen-bond donors (Lipinski definition) is 0. The predicted octanol–water partition coefficient (Wildman–Crippen LogP) is 4.31. The quantitative estimate of drug-likeness (QED) is 0.684. The minimum atomic E-state index is -0.390. The summed E-state index contributed by atoms with van der Waals surface area (Å²) < 4.78 is 19.8. The zero-order valence-corrected chi connectivity index (χ0v) is 14.5. The van der Waals surface area contributed by atoms with E-state index in [1.807, 2.05) is 18.2 Å². The van der Waals surface area contributed by atoms with E-state index in [9.17, 15) is 4.39 Å². The Labute approximate surface area is 150 Å². The number of halogens is 2. The lowest BCUT2D eigenvalue weighted by molar-refractivity contribution is 0.0989. The molecule has 1 fully saturated rings. The monoisotopic (exact) mass is 357 g/mol. The van der Waals surface area contributed by atoms with Crippen molar-refractivity contribution in [3.05, 3.63) is 53.6 Å². The highest BCUT2D eigenvalue weighted by Crippen LogP contribution is 2.31. The summed E-state index contributed by atoms with van der Waals surface area (Å²) in [7, 11) is 0. The number of fused-ring (bicyclic) bond motifs is 1. The highest BCUT2D eigenvalue weighted by Gasteiger charge is 2.20. The Balaban J connectivity index is 1.80. The maximum atomic E-state index is 14.3. The first kappa shape index (κ1) is 16.2. The number of ether oxygens (including phenoxy) is 1. The van der Waals surface area contributed by atoms with E-state index in [-0.39, 0.29) is 0 Å². The number of rotatable bonds is 2. The van der Waals surface area contributed by atoms with Gasteiger partial charge in [-0.3, -0.25) is 0 Å². The second-order valence-corrected chi connectivity index (χ2v) is 6.60. The third-order valence-corrected chi connectivity index (χ3v) is 4.74. The molecule has 4 rings (SSSR count). The summed E-state index contributed by atoms with van der Waals surface area (Å²) in [4.78, 5) is 11.0. The van der Waals surface area contributed by atoms with Crippen molar-refractivity contribution in [1.29, 1.82) is 0 Å². The van der Waals surface area contributed by atoms with Crippen LogP contribution in [0.3, 0.4) is 0 Å². The van der Waals surface area contributed by atoms with E-state index in [2.05, 4.69) is 21.8 Å². The number of morpholine rings is 1. The number of nitrogens with zero attached hydrogens (tertiary/aromatic N) is 3. The Bertz CT molecular complexity index is 934. The molecule has 2 heterocycles. The van der Waals surface area contributed by atoms with Crippen LogP contribution in [0.4, 0.5) is 10.1 Å². The molecule has 2 aromatic carbocycles. The summed E-state index contributed by atoms with van der Waals surface area (Å²) in [6.07, 6.45) is 1.47. The SMILES string of the molecule is C[C@H]1COCCN1c1ccc2c(-c3ccc(Cl)cc3F)ncnc2c1. The number of hydrogen-bond acceptors (Lipinski definition) is 4. The molecule has 1 saturated heterocycles. The standard InChI is InChI=1S/C19H17ClFN3O/c1-12-10-25-7-6-24(12)14-3-5-16-18(9-14)22-11-23-19(16)15-4-2-13(20)8-17(15)21/h2-5,8-9,11-12H,6-7,10H2,1H3/t12-/m0/s1. The zero-order valence-electron chi connectivity index (χ0n) is 13.7. The Morgan fingerprint density at radius 1 is 1.20 bits per heavy atom. The van der Waals surface area contributed by atoms with Crippen LogP contribution < -0.4 is 4.90 Å². The summed E-state index contributed by atoms with van der Waals surface area (Å²) in [5.74, 6) is -0.390. The second-order valence-electron chi connectivity index (χ2n) is 6.17. The van der Waals surface area contributed by atoms with Crippen molar-refractivity contribution in [2.75, 3.05) is 24.7 Å². The molecule has 128 valence electrons. The van der Waals surface area contributed by atoms with Crippen LogP contribution in [-0.2, 0) is 4.74 Å². The van der Waals surface area contributed by atoms with Gasteiger partial charge in [0.25, 0.3) is 0 Å². The van der Waals surface area contributed by atoms with Gasteiger partial charge in [-0.15, -0.1) is 0 Å². The number of aromatic nitrogens is 2. The summed E-state index contributed by atoms with van der Waals surface area (Å²) >= 11 is 5.85. The van der Waals surface area contributed by atoms with Gasteiger partial charge in [-0.2, -0.15) is 0 Å². The first-order valence-corrected chi connectivity index (χ1v) is 8.56. The topological polar surface area (TPSA) is 38.2 Å². The first-order valence-electron chi connectivity index (χ1n) is 8.18. The molecule has 1 atom stereocenters. The Morgan fingerprint density at radius 2 is 2.08 bits per heavy atom. The molecule has 1 aromatic heterocycles. The van der Waals surface area contributed by atoms with E-state index in [0.29, 0.717) is 35.5 Å². The van der Waals surface area contributed by atoms with Gasteiger partial charge in [0.05, 0.1) is 24.4 Å². The van der Waals surface area contributed by atoms with Crippen LogP contribution in [-0.4, -0.2) is 35.8 Å². The van der Waals surface area contributed by atoms with E-state index in [4.69, 9.17) is 16.3 Å². The van der Waals surface area contributed by atoms with Gasteiger partial charge in [-0.1, -0.05) is 11.6 Å². The van der Waals surface area contributed by atoms with E-state index in [1.54, 1.807) is 12.1 Å². The minimum absolute atomic E-state index is 0.307. The van der Waals surface area contributed by atoms with Crippen molar-refractivity contribution >= 4 is 28.2 Å². The van der Waals surface area contributed by atoms with Gasteiger partial charge in [0.15, 0.2) is 0 Å². The molecule has 0 unspecified atom stereocenters. The third-order valence-electron chi connectivity index (χ3n) is 4.51. The maximum absolute atomic E-state index is 14.3. The van der Waals surface area contributed by atoms with Gasteiger partial charge in [0.1, 0.15) is 12.1 Å². The molecule has 0 saturated carbocycles. The van der Waals surface area contributed by atoms with Crippen molar-refractivity contribution in [3.8, 4) is 11.3 Å². The summed E-state index contributed by atoms with van der Waals surface area (Å²) in [6.45, 7) is 4.41. The molecule has 3 aromatic rings. The highest BCUT2D eigenvalue weighted by molar-refractivity contribution is 6.30. The molecule has 0 amide bonds. The van der Waals surface area contributed by atoms with Crippen LogP contribution in [0, 0.1) is 5.82 Å². The smallest absolute Gasteiger partial charge is 0.134 e. The lowest BCUT2D eigenvalue weighted by Crippen LogP contribution is -2.43. The van der Waals surface area contributed by atoms with Gasteiger partial charge in [-0.05, 0) is 43.3 Å². The lowest BCUT2D eigenvalue weighted by atomic mass is 10.0. The molecule has 1 aliphatic heterocycles. The minimum Gasteiger partial charge on any atom is -0.377 e. The molecule has 25 heavy (non-hydrogen) atoms. The molecule has 0 N–H and O–H groups in total. The Morgan fingerprint density at radius 3 is 2.88 bits per heavy atom. The molecule has 0 spiro atoms. The van der Waals surface area contributed by atoms with Gasteiger partial charge >= 0.3 is 0 Å². The average molecular weight is 358 g/mol. The molecule has 0 radical (unpaired) electrons. The molecule has 0 aliphatic carbocycles. The van der Waals surface area contributed by atoms with Gasteiger partial charge < -0.3 is 9.64 Å². The number of anilines is 1. The van der Waals surface area contributed by atoms with E-state index >= 15 is 0 Å². The van der Waals surface area contributed by atoms with Crippen LogP contribution >= 0.6 is 11.6 Å². The normalized spacial score (nSPS) is 17.9. The fourth-order valence-electron chi connectivity index (χ4n) is 3.23. The maximum Gasteiger partial charge on any atom is 0.134 e. The fraction of sp³-hybridized carbons (Fsp3) is 0.263. The lowest BCUT2D eigenvalue weighted by Gasteiger charge is -2.35. The first-order chi connectivity index (χ1) is 12.1. The van der Waals surface area contributed by atoms with Crippen LogP contribution in [0.25, 0.3) is 22.2 Å². The van der Waals surface area contributed by atoms with Crippen molar-refractivity contribution < 1.29 is 9.13 Å². The largest absolute Gasteiger partial charge is 0.377 e. The van der Waals surface area contributed by atoms with Crippen LogP contribution in [0.15, 0.2) is 42.7 Å². The zero-order chi connectivity index (χ0) is 17.4. The fourth-order valence-corrected chi connectivity index (χ4v) is 3.39. The second kappa shape index (κ2) is 6.58. The Hall–Kier alpha value is -2.24. The molecular formula is C19H17ClFN3O. The Kier molecular flexibility index (Phi) is 4.27. The molecular weight excluding hydrogens is 341 g/mol. The van der Waals surface area contributed by atoms with Gasteiger partial charge in [-0.25, -0.2) is 14.4 Å². The van der Waals surface area contributed by atoms with Crippen LogP contribution in [0.1, 0.15) is 6.92 Å². The highest BCUT2D eigenvalue weighted by atomic mass is 35.5.